The topological polar surface area (TPSA) is 89.7 Å². The molecule has 2 heterocycles. The summed E-state index contributed by atoms with van der Waals surface area (Å²) in [6.07, 6.45) is 1.62. The minimum absolute atomic E-state index is 0.00507. The van der Waals surface area contributed by atoms with E-state index in [1.165, 1.54) is 16.7 Å². The summed E-state index contributed by atoms with van der Waals surface area (Å²) >= 11 is 0. The number of nitrogens with zero attached hydrogens (tertiary/aromatic N) is 3. The predicted octanol–water partition coefficient (Wildman–Crippen LogP) is 4.46. The molecular formula is C27H34N4O4. The molecule has 1 aromatic heterocycles. The van der Waals surface area contributed by atoms with E-state index in [4.69, 9.17) is 14.0 Å². The van der Waals surface area contributed by atoms with Crippen LogP contribution in [0.1, 0.15) is 48.4 Å². The maximum Gasteiger partial charge on any atom is 0.241 e. The number of aryl methyl sites for hydroxylation is 2. The Kier molecular flexibility index (Phi) is 7.70. The van der Waals surface area contributed by atoms with Gasteiger partial charge in [-0.1, -0.05) is 28.9 Å². The van der Waals surface area contributed by atoms with Crippen LogP contribution in [0.15, 0.2) is 40.9 Å². The number of hydrogen-bond donors (Lipinski definition) is 1. The monoisotopic (exact) mass is 478 g/mol. The van der Waals surface area contributed by atoms with Crippen LogP contribution in [0.4, 0.5) is 0 Å². The Hall–Kier alpha value is -3.39. The molecule has 186 valence electrons. The highest BCUT2D eigenvalue weighted by atomic mass is 16.5. The Balaban J connectivity index is 1.29. The van der Waals surface area contributed by atoms with Crippen molar-refractivity contribution in [3.05, 3.63) is 59.0 Å². The number of methoxy groups -OCH3 is 2. The fourth-order valence-corrected chi connectivity index (χ4v) is 4.68. The first kappa shape index (κ1) is 24.7. The van der Waals surface area contributed by atoms with Crippen molar-refractivity contribution in [1.29, 1.82) is 0 Å². The number of likely N-dealkylation sites (tertiary alicyclic amines) is 1. The van der Waals surface area contributed by atoms with Gasteiger partial charge < -0.3 is 19.3 Å². The molecule has 0 radical (unpaired) electrons. The highest BCUT2D eigenvalue weighted by Gasteiger charge is 2.27. The number of amides is 1. The number of benzene rings is 2. The Morgan fingerprint density at radius 2 is 1.86 bits per heavy atom. The van der Waals surface area contributed by atoms with Crippen LogP contribution in [-0.2, 0) is 11.3 Å². The Labute approximate surface area is 206 Å². The van der Waals surface area contributed by atoms with Gasteiger partial charge in [-0.15, -0.1) is 0 Å². The molecule has 2 aromatic carbocycles. The molecule has 8 heteroatoms. The van der Waals surface area contributed by atoms with Gasteiger partial charge in [0.25, 0.3) is 0 Å². The molecular weight excluding hydrogens is 444 g/mol. The fraction of sp³-hybridized carbons (Fsp3) is 0.444. The van der Waals surface area contributed by atoms with E-state index in [2.05, 4.69) is 59.3 Å². The molecule has 0 aliphatic carbocycles. The normalized spacial score (nSPS) is 15.6. The van der Waals surface area contributed by atoms with Gasteiger partial charge in [-0.3, -0.25) is 9.69 Å². The quantitative estimate of drug-likeness (QED) is 0.511. The minimum Gasteiger partial charge on any atom is -0.493 e. The molecule has 1 aliphatic rings. The first-order valence-electron chi connectivity index (χ1n) is 12.0. The second-order valence-electron chi connectivity index (χ2n) is 9.22. The number of carbonyl (C=O) groups excluding carboxylic acids is 1. The average Bonchev–Trinajstić information content (AvgIpc) is 3.32. The summed E-state index contributed by atoms with van der Waals surface area (Å²) in [5.41, 5.74) is 4.41. The number of rotatable bonds is 8. The van der Waals surface area contributed by atoms with Gasteiger partial charge in [-0.25, -0.2) is 0 Å². The van der Waals surface area contributed by atoms with Gasteiger partial charge in [0.15, 0.2) is 11.5 Å². The largest absolute Gasteiger partial charge is 0.493 e. The number of aromatic nitrogens is 2. The lowest BCUT2D eigenvalue weighted by molar-refractivity contribution is -0.127. The average molecular weight is 479 g/mol. The summed E-state index contributed by atoms with van der Waals surface area (Å²) in [5, 5.41) is 7.34. The van der Waals surface area contributed by atoms with Crippen LogP contribution in [0.5, 0.6) is 11.5 Å². The lowest BCUT2D eigenvalue weighted by Gasteiger charge is -2.31. The van der Waals surface area contributed by atoms with Crippen molar-refractivity contribution in [1.82, 2.24) is 20.4 Å². The summed E-state index contributed by atoms with van der Waals surface area (Å²) in [6, 6.07) is 11.9. The molecule has 0 bridgehead atoms. The number of hydrogen-bond acceptors (Lipinski definition) is 7. The van der Waals surface area contributed by atoms with Crippen molar-refractivity contribution in [2.24, 2.45) is 5.92 Å². The molecule has 1 atom stereocenters. The number of carbonyl (C=O) groups is 1. The van der Waals surface area contributed by atoms with Crippen LogP contribution in [-0.4, -0.2) is 48.3 Å². The van der Waals surface area contributed by atoms with E-state index in [1.807, 2.05) is 18.2 Å². The van der Waals surface area contributed by atoms with Crippen molar-refractivity contribution in [3.63, 3.8) is 0 Å². The van der Waals surface area contributed by atoms with Crippen molar-refractivity contribution >= 4 is 5.91 Å². The van der Waals surface area contributed by atoms with Gasteiger partial charge in [0.05, 0.1) is 26.8 Å². The summed E-state index contributed by atoms with van der Waals surface area (Å²) < 4.78 is 16.1. The molecule has 35 heavy (non-hydrogen) atoms. The third-order valence-corrected chi connectivity index (χ3v) is 6.68. The Bertz CT molecular complexity index is 1170. The van der Waals surface area contributed by atoms with Gasteiger partial charge >= 0.3 is 0 Å². The maximum atomic E-state index is 12.9. The van der Waals surface area contributed by atoms with Crippen LogP contribution in [0.2, 0.25) is 0 Å². The first-order valence-corrected chi connectivity index (χ1v) is 12.0. The summed E-state index contributed by atoms with van der Waals surface area (Å²) in [7, 11) is 3.19. The molecule has 0 spiro atoms. The van der Waals surface area contributed by atoms with Crippen molar-refractivity contribution in [2.75, 3.05) is 27.3 Å². The van der Waals surface area contributed by atoms with Crippen LogP contribution in [0.25, 0.3) is 11.4 Å². The lowest BCUT2D eigenvalue weighted by atomic mass is 9.94. The zero-order valence-corrected chi connectivity index (χ0v) is 21.1. The highest BCUT2D eigenvalue weighted by molar-refractivity contribution is 5.79. The third kappa shape index (κ3) is 5.82. The van der Waals surface area contributed by atoms with Gasteiger partial charge in [0.1, 0.15) is 0 Å². The SMILES string of the molecule is COc1ccc(-c2noc(CN3CCC(C(=O)NC(C)c4ccc(C)cc4C)CC3)n2)cc1OC. The number of nitrogens with one attached hydrogen (secondary N) is 1. The fourth-order valence-electron chi connectivity index (χ4n) is 4.68. The molecule has 1 aliphatic heterocycles. The molecule has 8 nitrogen and oxygen atoms in total. The maximum absolute atomic E-state index is 12.9. The summed E-state index contributed by atoms with van der Waals surface area (Å²) in [6.45, 7) is 8.41. The molecule has 1 unspecified atom stereocenters. The summed E-state index contributed by atoms with van der Waals surface area (Å²) in [5.74, 6) is 2.48. The van der Waals surface area contributed by atoms with Crippen molar-refractivity contribution in [3.8, 4) is 22.9 Å². The summed E-state index contributed by atoms with van der Waals surface area (Å²) in [4.78, 5) is 19.7. The number of ether oxygens (including phenoxy) is 2. The Morgan fingerprint density at radius 1 is 1.11 bits per heavy atom. The van der Waals surface area contributed by atoms with Crippen LogP contribution >= 0.6 is 0 Å². The molecule has 1 N–H and O–H groups in total. The standard InChI is InChI=1S/C27H34N4O4/c1-17-6-8-22(18(2)14-17)19(3)28-27(32)20-10-12-31(13-11-20)16-25-29-26(30-35-25)21-7-9-23(33-4)24(15-21)34-5/h6-9,14-15,19-20H,10-13,16H2,1-5H3,(H,28,32). The van der Waals surface area contributed by atoms with Crippen LogP contribution in [0, 0.1) is 19.8 Å². The van der Waals surface area contributed by atoms with E-state index in [9.17, 15) is 4.79 Å². The first-order chi connectivity index (χ1) is 16.9. The molecule has 1 amide bonds. The van der Waals surface area contributed by atoms with E-state index in [0.717, 1.165) is 31.5 Å². The van der Waals surface area contributed by atoms with Crippen molar-refractivity contribution in [2.45, 2.75) is 46.2 Å². The van der Waals surface area contributed by atoms with E-state index < -0.39 is 0 Å². The van der Waals surface area contributed by atoms with Crippen LogP contribution < -0.4 is 14.8 Å². The molecule has 1 fully saturated rings. The van der Waals surface area contributed by atoms with E-state index in [0.29, 0.717) is 29.8 Å². The van der Waals surface area contributed by atoms with Gasteiger partial charge in [0.2, 0.25) is 17.6 Å². The zero-order valence-electron chi connectivity index (χ0n) is 21.1. The van der Waals surface area contributed by atoms with Gasteiger partial charge in [0, 0.05) is 11.5 Å². The lowest BCUT2D eigenvalue weighted by Crippen LogP contribution is -2.41. The van der Waals surface area contributed by atoms with E-state index in [-0.39, 0.29) is 17.9 Å². The highest BCUT2D eigenvalue weighted by Crippen LogP contribution is 2.31. The van der Waals surface area contributed by atoms with Gasteiger partial charge in [-0.2, -0.15) is 4.98 Å². The molecule has 3 aromatic rings. The predicted molar refractivity (Wildman–Crippen MR) is 133 cm³/mol. The second-order valence-corrected chi connectivity index (χ2v) is 9.22. The van der Waals surface area contributed by atoms with Gasteiger partial charge in [-0.05, 0) is 76.0 Å². The Morgan fingerprint density at radius 3 is 2.54 bits per heavy atom. The smallest absolute Gasteiger partial charge is 0.241 e. The second kappa shape index (κ2) is 10.9. The third-order valence-electron chi connectivity index (χ3n) is 6.68. The van der Waals surface area contributed by atoms with E-state index in [1.54, 1.807) is 14.2 Å². The van der Waals surface area contributed by atoms with Crippen LogP contribution in [0.3, 0.4) is 0 Å². The zero-order chi connectivity index (χ0) is 24.9. The van der Waals surface area contributed by atoms with Crippen molar-refractivity contribution < 1.29 is 18.8 Å². The number of piperidine rings is 1. The molecule has 0 saturated carbocycles. The van der Waals surface area contributed by atoms with E-state index >= 15 is 0 Å². The minimum atomic E-state index is -0.00507. The molecule has 1 saturated heterocycles. The molecule has 4 rings (SSSR count).